The number of para-hydroxylation sites is 1. The number of pyridine rings is 1. The number of ether oxygens (including phenoxy) is 1. The van der Waals surface area contributed by atoms with Crippen LogP contribution in [0.3, 0.4) is 0 Å². The maximum atomic E-state index is 12.7. The number of carbonyl (C=O) groups excluding carboxylic acids is 1. The number of nitrogens with one attached hydrogen (secondary N) is 1. The number of nitrogens with zero attached hydrogens (tertiary/aromatic N) is 1. The van der Waals surface area contributed by atoms with Crippen LogP contribution in [0.1, 0.15) is 28.9 Å². The lowest BCUT2D eigenvalue weighted by molar-refractivity contribution is 0.102. The fraction of sp³-hybridized carbons (Fsp3) is 0.158. The van der Waals surface area contributed by atoms with Crippen molar-refractivity contribution < 1.29 is 14.6 Å². The summed E-state index contributed by atoms with van der Waals surface area (Å²) in [7, 11) is 1.52. The summed E-state index contributed by atoms with van der Waals surface area (Å²) in [5.41, 5.74) is 1.78. The van der Waals surface area contributed by atoms with E-state index in [1.54, 1.807) is 37.3 Å². The van der Waals surface area contributed by atoms with Crippen molar-refractivity contribution in [1.29, 1.82) is 0 Å². The third-order valence-corrected chi connectivity index (χ3v) is 4.60. The molecule has 0 radical (unpaired) electrons. The molecule has 0 aliphatic carbocycles. The molecule has 0 bridgehead atoms. The van der Waals surface area contributed by atoms with Crippen LogP contribution in [0.4, 0.5) is 5.69 Å². The van der Waals surface area contributed by atoms with Crippen LogP contribution in [-0.2, 0) is 0 Å². The zero-order valence-corrected chi connectivity index (χ0v) is 15.6. The van der Waals surface area contributed by atoms with Crippen LogP contribution in [-0.4, -0.2) is 23.1 Å². The number of hydrogen-bond acceptors (Lipinski definition) is 4. The van der Waals surface area contributed by atoms with E-state index in [2.05, 4.69) is 10.3 Å². The number of aliphatic hydroxyl groups is 1. The van der Waals surface area contributed by atoms with Gasteiger partial charge in [0, 0.05) is 17.1 Å². The molecule has 1 heterocycles. The molecule has 0 saturated heterocycles. The van der Waals surface area contributed by atoms with Crippen molar-refractivity contribution in [2.75, 3.05) is 12.4 Å². The molecule has 1 aromatic heterocycles. The SMILES string of the molecule is COc1c(C(C)O)cnc2c(NC(=O)c3c(Cl)cccc3Cl)cccc12. The van der Waals surface area contributed by atoms with Crippen LogP contribution in [0.15, 0.2) is 42.6 Å². The number of hydrogen-bond donors (Lipinski definition) is 2. The van der Waals surface area contributed by atoms with E-state index < -0.39 is 12.0 Å². The van der Waals surface area contributed by atoms with E-state index in [1.165, 1.54) is 13.3 Å². The number of carbonyl (C=O) groups is 1. The van der Waals surface area contributed by atoms with Crippen molar-refractivity contribution in [3.05, 3.63) is 63.8 Å². The van der Waals surface area contributed by atoms with Gasteiger partial charge < -0.3 is 15.2 Å². The van der Waals surface area contributed by atoms with Crippen molar-refractivity contribution in [2.24, 2.45) is 0 Å². The fourth-order valence-corrected chi connectivity index (χ4v) is 3.31. The molecule has 3 rings (SSSR count). The van der Waals surface area contributed by atoms with E-state index in [0.717, 1.165) is 0 Å². The lowest BCUT2D eigenvalue weighted by atomic mass is 10.1. The molecule has 1 amide bonds. The molecule has 3 aromatic rings. The van der Waals surface area contributed by atoms with Gasteiger partial charge in [0.1, 0.15) is 5.75 Å². The zero-order chi connectivity index (χ0) is 18.8. The summed E-state index contributed by atoms with van der Waals surface area (Å²) in [5.74, 6) is 0.0744. The second-order valence-corrected chi connectivity index (χ2v) is 6.49. The monoisotopic (exact) mass is 390 g/mol. The second kappa shape index (κ2) is 7.50. The molecule has 7 heteroatoms. The van der Waals surface area contributed by atoms with E-state index in [9.17, 15) is 9.90 Å². The van der Waals surface area contributed by atoms with Gasteiger partial charge in [-0.05, 0) is 31.2 Å². The maximum absolute atomic E-state index is 12.7. The number of amides is 1. The van der Waals surface area contributed by atoms with Crippen LogP contribution >= 0.6 is 23.2 Å². The lowest BCUT2D eigenvalue weighted by Crippen LogP contribution is -2.14. The van der Waals surface area contributed by atoms with Crippen molar-refractivity contribution >= 4 is 45.7 Å². The predicted molar refractivity (Wildman–Crippen MR) is 103 cm³/mol. The Labute approximate surface area is 160 Å². The van der Waals surface area contributed by atoms with Gasteiger partial charge in [0.15, 0.2) is 0 Å². The number of benzene rings is 2. The van der Waals surface area contributed by atoms with Gasteiger partial charge in [0.25, 0.3) is 5.91 Å². The molecule has 1 atom stereocenters. The van der Waals surface area contributed by atoms with Crippen molar-refractivity contribution in [3.8, 4) is 5.75 Å². The van der Waals surface area contributed by atoms with Crippen molar-refractivity contribution in [2.45, 2.75) is 13.0 Å². The number of halogens is 2. The third-order valence-electron chi connectivity index (χ3n) is 3.97. The summed E-state index contributed by atoms with van der Waals surface area (Å²) in [6, 6.07) is 10.2. The number of rotatable bonds is 4. The second-order valence-electron chi connectivity index (χ2n) is 5.68. The largest absolute Gasteiger partial charge is 0.496 e. The molecule has 0 aliphatic heterocycles. The molecule has 2 aromatic carbocycles. The highest BCUT2D eigenvalue weighted by Gasteiger charge is 2.18. The van der Waals surface area contributed by atoms with Crippen molar-refractivity contribution in [1.82, 2.24) is 4.98 Å². The minimum Gasteiger partial charge on any atom is -0.496 e. The van der Waals surface area contributed by atoms with E-state index in [1.807, 2.05) is 6.07 Å². The number of methoxy groups -OCH3 is 1. The molecule has 26 heavy (non-hydrogen) atoms. The Morgan fingerprint density at radius 2 is 1.85 bits per heavy atom. The van der Waals surface area contributed by atoms with E-state index >= 15 is 0 Å². The Kier molecular flexibility index (Phi) is 5.32. The molecule has 0 spiro atoms. The quantitative estimate of drug-likeness (QED) is 0.667. The fourth-order valence-electron chi connectivity index (χ4n) is 2.74. The Morgan fingerprint density at radius 1 is 1.19 bits per heavy atom. The van der Waals surface area contributed by atoms with Gasteiger partial charge in [-0.2, -0.15) is 0 Å². The Bertz CT molecular complexity index is 970. The normalized spacial score (nSPS) is 12.0. The minimum absolute atomic E-state index is 0.195. The molecule has 0 saturated carbocycles. The molecule has 1 unspecified atom stereocenters. The van der Waals surface area contributed by atoms with Crippen molar-refractivity contribution in [3.63, 3.8) is 0 Å². The van der Waals surface area contributed by atoms with Crippen LogP contribution < -0.4 is 10.1 Å². The summed E-state index contributed by atoms with van der Waals surface area (Å²) in [4.78, 5) is 17.0. The van der Waals surface area contributed by atoms with Gasteiger partial charge >= 0.3 is 0 Å². The van der Waals surface area contributed by atoms with Gasteiger partial charge in [-0.3, -0.25) is 9.78 Å². The molecular weight excluding hydrogens is 375 g/mol. The van der Waals surface area contributed by atoms with E-state index in [0.29, 0.717) is 27.9 Å². The van der Waals surface area contributed by atoms with E-state index in [4.69, 9.17) is 27.9 Å². The molecule has 0 aliphatic rings. The third kappa shape index (κ3) is 3.33. The Hall–Kier alpha value is -2.34. The highest BCUT2D eigenvalue weighted by molar-refractivity contribution is 6.40. The number of aromatic nitrogens is 1. The summed E-state index contributed by atoms with van der Waals surface area (Å²) in [6.45, 7) is 1.64. The number of fused-ring (bicyclic) bond motifs is 1. The zero-order valence-electron chi connectivity index (χ0n) is 14.1. The predicted octanol–water partition coefficient (Wildman–Crippen LogP) is 4.86. The van der Waals surface area contributed by atoms with Gasteiger partial charge in [-0.15, -0.1) is 0 Å². The average Bonchev–Trinajstić information content (AvgIpc) is 2.60. The summed E-state index contributed by atoms with van der Waals surface area (Å²) in [6.07, 6.45) is 0.797. The minimum atomic E-state index is -0.734. The summed E-state index contributed by atoms with van der Waals surface area (Å²) in [5, 5.41) is 13.9. The molecule has 134 valence electrons. The summed E-state index contributed by atoms with van der Waals surface area (Å²) >= 11 is 12.2. The Balaban J connectivity index is 2.08. The van der Waals surface area contributed by atoms with Crippen LogP contribution in [0.2, 0.25) is 10.0 Å². The first-order valence-electron chi connectivity index (χ1n) is 7.83. The number of anilines is 1. The first kappa shape index (κ1) is 18.5. The topological polar surface area (TPSA) is 71.5 Å². The maximum Gasteiger partial charge on any atom is 0.258 e. The van der Waals surface area contributed by atoms with E-state index in [-0.39, 0.29) is 15.6 Å². The highest BCUT2D eigenvalue weighted by Crippen LogP contribution is 2.35. The smallest absolute Gasteiger partial charge is 0.258 e. The van der Waals surface area contributed by atoms with Crippen LogP contribution in [0.25, 0.3) is 10.9 Å². The van der Waals surface area contributed by atoms with Gasteiger partial charge in [-0.25, -0.2) is 0 Å². The lowest BCUT2D eigenvalue weighted by Gasteiger charge is -2.15. The standard InChI is InChI=1S/C19H16Cl2N2O3/c1-10(24)12-9-22-17-11(18(12)26-2)5-3-8-15(17)23-19(25)16-13(20)6-4-7-14(16)21/h3-10,24H,1-2H3,(H,23,25). The highest BCUT2D eigenvalue weighted by atomic mass is 35.5. The molecule has 5 nitrogen and oxygen atoms in total. The van der Waals surface area contributed by atoms with Gasteiger partial charge in [0.2, 0.25) is 0 Å². The van der Waals surface area contributed by atoms with Gasteiger partial charge in [0.05, 0.1) is 40.0 Å². The molecule has 0 fully saturated rings. The first-order chi connectivity index (χ1) is 12.4. The van der Waals surface area contributed by atoms with Gasteiger partial charge in [-0.1, -0.05) is 35.3 Å². The van der Waals surface area contributed by atoms with Crippen LogP contribution in [0.5, 0.6) is 5.75 Å². The average molecular weight is 391 g/mol. The van der Waals surface area contributed by atoms with Crippen LogP contribution in [0, 0.1) is 0 Å². The summed E-state index contributed by atoms with van der Waals surface area (Å²) < 4.78 is 5.45. The first-order valence-corrected chi connectivity index (χ1v) is 8.58. The molecular formula is C19H16Cl2N2O3. The molecule has 2 N–H and O–H groups in total. The Morgan fingerprint density at radius 3 is 2.46 bits per heavy atom. The number of aliphatic hydroxyl groups excluding tert-OH is 1.